The van der Waals surface area contributed by atoms with Crippen molar-refractivity contribution in [3.05, 3.63) is 30.3 Å². The smallest absolute Gasteiger partial charge is 0.411 e. The Morgan fingerprint density at radius 1 is 1.14 bits per heavy atom. The second-order valence-corrected chi connectivity index (χ2v) is 5.98. The van der Waals surface area contributed by atoms with E-state index in [4.69, 9.17) is 9.47 Å². The number of hydrogen-bond acceptors (Lipinski definition) is 5. The minimum atomic E-state index is -0.572. The van der Waals surface area contributed by atoms with E-state index in [1.165, 1.54) is 19.1 Å². The Morgan fingerprint density at radius 3 is 2.48 bits per heavy atom. The summed E-state index contributed by atoms with van der Waals surface area (Å²) in [6.45, 7) is 0. The minimum absolute atomic E-state index is 0.127. The van der Waals surface area contributed by atoms with Gasteiger partial charge in [-0.25, -0.2) is 9.59 Å². The molecule has 0 saturated carbocycles. The van der Waals surface area contributed by atoms with Crippen LogP contribution in [-0.2, 0) is 14.3 Å². The van der Waals surface area contributed by atoms with Gasteiger partial charge in [-0.1, -0.05) is 18.2 Å². The van der Waals surface area contributed by atoms with Crippen molar-refractivity contribution >= 4 is 23.8 Å². The molecule has 0 aromatic heterocycles. The SMILES string of the molecule is COC(=O)[C@@H]1CCCC(Sc2ccccc2)N1C(=O)OC. The maximum atomic E-state index is 12.1. The number of nitrogens with zero attached hydrogens (tertiary/aromatic N) is 1. The summed E-state index contributed by atoms with van der Waals surface area (Å²) in [7, 11) is 2.67. The lowest BCUT2D eigenvalue weighted by atomic mass is 10.0. The number of likely N-dealkylation sites (tertiary alicyclic amines) is 1. The van der Waals surface area contributed by atoms with Crippen LogP contribution in [0.4, 0.5) is 4.79 Å². The van der Waals surface area contributed by atoms with Gasteiger partial charge in [-0.2, -0.15) is 0 Å². The van der Waals surface area contributed by atoms with Crippen LogP contribution < -0.4 is 0 Å². The van der Waals surface area contributed by atoms with E-state index in [1.807, 2.05) is 30.3 Å². The quantitative estimate of drug-likeness (QED) is 0.804. The number of rotatable bonds is 3. The Labute approximate surface area is 128 Å². The van der Waals surface area contributed by atoms with E-state index in [0.29, 0.717) is 6.42 Å². The molecule has 114 valence electrons. The molecule has 0 radical (unpaired) electrons. The van der Waals surface area contributed by atoms with Crippen LogP contribution in [0.15, 0.2) is 35.2 Å². The van der Waals surface area contributed by atoms with Crippen molar-refractivity contribution < 1.29 is 19.1 Å². The van der Waals surface area contributed by atoms with Crippen LogP contribution in [0.1, 0.15) is 19.3 Å². The summed E-state index contributed by atoms with van der Waals surface area (Å²) in [4.78, 5) is 26.6. The molecule has 2 rings (SSSR count). The number of hydrogen-bond donors (Lipinski definition) is 0. The Bertz CT molecular complexity index is 494. The number of methoxy groups -OCH3 is 2. The molecule has 1 aliphatic rings. The molecule has 6 heteroatoms. The molecule has 1 amide bonds. The normalized spacial score (nSPS) is 21.7. The number of amides is 1. The number of esters is 1. The maximum absolute atomic E-state index is 12.1. The number of thioether (sulfide) groups is 1. The third-order valence-corrected chi connectivity index (χ3v) is 4.73. The van der Waals surface area contributed by atoms with Gasteiger partial charge in [-0.15, -0.1) is 11.8 Å². The van der Waals surface area contributed by atoms with Crippen LogP contribution in [0.5, 0.6) is 0 Å². The van der Waals surface area contributed by atoms with Crippen molar-refractivity contribution in [2.45, 2.75) is 35.6 Å². The molecule has 1 heterocycles. The van der Waals surface area contributed by atoms with Crippen LogP contribution >= 0.6 is 11.8 Å². The molecule has 0 spiro atoms. The average Bonchev–Trinajstić information content (AvgIpc) is 2.54. The maximum Gasteiger partial charge on any atom is 0.411 e. The summed E-state index contributed by atoms with van der Waals surface area (Å²) in [5, 5.41) is -0.127. The van der Waals surface area contributed by atoms with E-state index in [0.717, 1.165) is 17.7 Å². The fourth-order valence-corrected chi connectivity index (χ4v) is 3.71. The highest BCUT2D eigenvalue weighted by Crippen LogP contribution is 2.35. The number of ether oxygens (including phenoxy) is 2. The second-order valence-electron chi connectivity index (χ2n) is 4.73. The average molecular weight is 309 g/mol. The summed E-state index contributed by atoms with van der Waals surface area (Å²) in [5.74, 6) is -0.390. The molecule has 1 fully saturated rings. The number of piperidine rings is 1. The van der Waals surface area contributed by atoms with Crippen LogP contribution in [0.2, 0.25) is 0 Å². The third-order valence-electron chi connectivity index (χ3n) is 3.45. The van der Waals surface area contributed by atoms with Gasteiger partial charge < -0.3 is 9.47 Å². The van der Waals surface area contributed by atoms with Gasteiger partial charge in [-0.3, -0.25) is 4.90 Å². The first kappa shape index (κ1) is 15.7. The van der Waals surface area contributed by atoms with Crippen molar-refractivity contribution in [1.29, 1.82) is 0 Å². The lowest BCUT2D eigenvalue weighted by molar-refractivity contribution is -0.147. The summed E-state index contributed by atoms with van der Waals surface area (Å²) >= 11 is 1.57. The zero-order valence-electron chi connectivity index (χ0n) is 12.2. The predicted octanol–water partition coefficient (Wildman–Crippen LogP) is 2.90. The minimum Gasteiger partial charge on any atom is -0.467 e. The fraction of sp³-hybridized carbons (Fsp3) is 0.467. The van der Waals surface area contributed by atoms with Gasteiger partial charge in [0.25, 0.3) is 0 Å². The number of benzene rings is 1. The molecule has 21 heavy (non-hydrogen) atoms. The Hall–Kier alpha value is -1.69. The third kappa shape index (κ3) is 3.69. The monoisotopic (exact) mass is 309 g/mol. The van der Waals surface area contributed by atoms with Crippen molar-refractivity contribution in [2.24, 2.45) is 0 Å². The molecule has 2 atom stereocenters. The molecule has 5 nitrogen and oxygen atoms in total. The van der Waals surface area contributed by atoms with Crippen LogP contribution in [0.3, 0.4) is 0 Å². The van der Waals surface area contributed by atoms with E-state index < -0.39 is 18.1 Å². The largest absolute Gasteiger partial charge is 0.467 e. The topological polar surface area (TPSA) is 55.8 Å². The van der Waals surface area contributed by atoms with Crippen molar-refractivity contribution in [3.63, 3.8) is 0 Å². The van der Waals surface area contributed by atoms with Gasteiger partial charge in [0.15, 0.2) is 0 Å². The Morgan fingerprint density at radius 2 is 1.86 bits per heavy atom. The molecule has 0 aliphatic carbocycles. The van der Waals surface area contributed by atoms with E-state index in [-0.39, 0.29) is 5.37 Å². The van der Waals surface area contributed by atoms with E-state index >= 15 is 0 Å². The summed E-state index contributed by atoms with van der Waals surface area (Å²) in [6.07, 6.45) is 1.81. The van der Waals surface area contributed by atoms with Gasteiger partial charge in [-0.05, 0) is 31.4 Å². The highest BCUT2D eigenvalue weighted by Gasteiger charge is 2.40. The highest BCUT2D eigenvalue weighted by molar-refractivity contribution is 7.99. The fourth-order valence-electron chi connectivity index (χ4n) is 2.45. The van der Waals surface area contributed by atoms with E-state index in [2.05, 4.69) is 0 Å². The number of carbonyl (C=O) groups is 2. The Kier molecular flexibility index (Phi) is 5.50. The van der Waals surface area contributed by atoms with Gasteiger partial charge in [0, 0.05) is 4.90 Å². The van der Waals surface area contributed by atoms with Crippen molar-refractivity contribution in [3.8, 4) is 0 Å². The molecule has 0 N–H and O–H groups in total. The molecule has 1 saturated heterocycles. The van der Waals surface area contributed by atoms with Crippen LogP contribution in [0, 0.1) is 0 Å². The summed E-state index contributed by atoms with van der Waals surface area (Å²) in [5.41, 5.74) is 0. The molecule has 1 aromatic carbocycles. The van der Waals surface area contributed by atoms with Gasteiger partial charge in [0.1, 0.15) is 6.04 Å². The Balaban J connectivity index is 2.20. The van der Waals surface area contributed by atoms with E-state index in [1.54, 1.807) is 11.8 Å². The van der Waals surface area contributed by atoms with Crippen LogP contribution in [-0.4, -0.2) is 42.6 Å². The molecule has 1 aliphatic heterocycles. The standard InChI is InChI=1S/C15H19NO4S/c1-19-14(17)12-9-6-10-13(16(12)15(18)20-2)21-11-7-4-3-5-8-11/h3-5,7-8,12-13H,6,9-10H2,1-2H3/t12-,13?/m0/s1. The van der Waals surface area contributed by atoms with Crippen LogP contribution in [0.25, 0.3) is 0 Å². The van der Waals surface area contributed by atoms with Gasteiger partial charge >= 0.3 is 12.1 Å². The highest BCUT2D eigenvalue weighted by atomic mass is 32.2. The summed E-state index contributed by atoms with van der Waals surface area (Å²) in [6, 6.07) is 9.25. The first-order chi connectivity index (χ1) is 10.2. The van der Waals surface area contributed by atoms with Gasteiger partial charge in [0.2, 0.25) is 0 Å². The zero-order valence-corrected chi connectivity index (χ0v) is 13.0. The molecule has 1 unspecified atom stereocenters. The van der Waals surface area contributed by atoms with E-state index in [9.17, 15) is 9.59 Å². The first-order valence-corrected chi connectivity index (χ1v) is 7.71. The molecular formula is C15H19NO4S. The lowest BCUT2D eigenvalue weighted by Crippen LogP contribution is -2.52. The molecule has 0 bridgehead atoms. The van der Waals surface area contributed by atoms with Crippen molar-refractivity contribution in [1.82, 2.24) is 4.90 Å². The first-order valence-electron chi connectivity index (χ1n) is 6.83. The lowest BCUT2D eigenvalue weighted by Gasteiger charge is -2.39. The second kappa shape index (κ2) is 7.36. The summed E-state index contributed by atoms with van der Waals surface area (Å²) < 4.78 is 9.66. The number of carbonyl (C=O) groups excluding carboxylic acids is 2. The van der Waals surface area contributed by atoms with Crippen molar-refractivity contribution in [2.75, 3.05) is 14.2 Å². The van der Waals surface area contributed by atoms with Gasteiger partial charge in [0.05, 0.1) is 19.6 Å². The molecule has 1 aromatic rings. The zero-order chi connectivity index (χ0) is 15.2. The predicted molar refractivity (Wildman–Crippen MR) is 80.0 cm³/mol. The molecular weight excluding hydrogens is 290 g/mol.